The standard InChI is InChI=1S/C17H23NO3S2/c1-2-3-5-14(16(20)21)18-15(19)12-6-8-13(9-7-12)17-22-10-4-11-23-17/h6-9,14,17H,2-5,10-11H2,1H3,(H,18,19)(H,20,21). The molecule has 0 radical (unpaired) electrons. The highest BCUT2D eigenvalue weighted by molar-refractivity contribution is 8.16. The minimum atomic E-state index is -0.974. The molecule has 1 unspecified atom stereocenters. The fourth-order valence-electron chi connectivity index (χ4n) is 2.38. The van der Waals surface area contributed by atoms with Crippen molar-refractivity contribution >= 4 is 35.4 Å². The molecule has 1 aliphatic rings. The van der Waals surface area contributed by atoms with Gasteiger partial charge in [-0.05, 0) is 42.0 Å². The Kier molecular flexibility index (Phi) is 7.30. The molecule has 1 heterocycles. The van der Waals surface area contributed by atoms with Crippen LogP contribution in [0.4, 0.5) is 0 Å². The average molecular weight is 354 g/mol. The highest BCUT2D eigenvalue weighted by Gasteiger charge is 2.21. The van der Waals surface area contributed by atoms with E-state index >= 15 is 0 Å². The molecule has 1 saturated heterocycles. The van der Waals surface area contributed by atoms with Gasteiger partial charge in [-0.1, -0.05) is 31.9 Å². The molecule has 126 valence electrons. The average Bonchev–Trinajstić information content (AvgIpc) is 2.59. The van der Waals surface area contributed by atoms with Gasteiger partial charge in [0.15, 0.2) is 0 Å². The van der Waals surface area contributed by atoms with E-state index in [1.165, 1.54) is 23.5 Å². The Labute approximate surface area is 145 Å². The van der Waals surface area contributed by atoms with Crippen LogP contribution >= 0.6 is 23.5 Å². The summed E-state index contributed by atoms with van der Waals surface area (Å²) >= 11 is 3.88. The van der Waals surface area contributed by atoms with Gasteiger partial charge in [-0.15, -0.1) is 23.5 Å². The monoisotopic (exact) mass is 353 g/mol. The first-order valence-electron chi connectivity index (χ1n) is 7.98. The Morgan fingerprint density at radius 3 is 2.48 bits per heavy atom. The van der Waals surface area contributed by atoms with E-state index in [1.807, 2.05) is 42.6 Å². The quantitative estimate of drug-likeness (QED) is 0.777. The molecule has 1 fully saturated rings. The van der Waals surface area contributed by atoms with Crippen LogP contribution in [-0.2, 0) is 4.79 Å². The Morgan fingerprint density at radius 2 is 1.91 bits per heavy atom. The summed E-state index contributed by atoms with van der Waals surface area (Å²) in [4.78, 5) is 23.4. The number of carbonyl (C=O) groups excluding carboxylic acids is 1. The first-order chi connectivity index (χ1) is 11.1. The third kappa shape index (κ3) is 5.46. The number of benzene rings is 1. The predicted molar refractivity (Wildman–Crippen MR) is 97.1 cm³/mol. The molecule has 1 aliphatic heterocycles. The van der Waals surface area contributed by atoms with Gasteiger partial charge in [0.25, 0.3) is 5.91 Å². The van der Waals surface area contributed by atoms with Crippen molar-refractivity contribution < 1.29 is 14.7 Å². The van der Waals surface area contributed by atoms with Crippen LogP contribution in [0.5, 0.6) is 0 Å². The van der Waals surface area contributed by atoms with Crippen molar-refractivity contribution in [1.82, 2.24) is 5.32 Å². The number of amides is 1. The summed E-state index contributed by atoms with van der Waals surface area (Å²) in [6, 6.07) is 6.73. The van der Waals surface area contributed by atoms with Gasteiger partial charge in [0, 0.05) is 5.56 Å². The summed E-state index contributed by atoms with van der Waals surface area (Å²) in [6.45, 7) is 2.00. The number of carboxylic acids is 1. The first-order valence-corrected chi connectivity index (χ1v) is 10.1. The van der Waals surface area contributed by atoms with Gasteiger partial charge in [0.1, 0.15) is 6.04 Å². The molecule has 23 heavy (non-hydrogen) atoms. The van der Waals surface area contributed by atoms with E-state index in [-0.39, 0.29) is 5.91 Å². The third-order valence-corrected chi connectivity index (χ3v) is 6.74. The molecular weight excluding hydrogens is 330 g/mol. The molecule has 2 N–H and O–H groups in total. The lowest BCUT2D eigenvalue weighted by atomic mass is 10.1. The van der Waals surface area contributed by atoms with Crippen molar-refractivity contribution in [2.75, 3.05) is 11.5 Å². The molecule has 0 saturated carbocycles. The van der Waals surface area contributed by atoms with Gasteiger partial charge in [-0.2, -0.15) is 0 Å². The van der Waals surface area contributed by atoms with E-state index in [1.54, 1.807) is 12.1 Å². The highest BCUT2D eigenvalue weighted by atomic mass is 32.2. The van der Waals surface area contributed by atoms with Crippen LogP contribution in [0.2, 0.25) is 0 Å². The molecule has 4 nitrogen and oxygen atoms in total. The lowest BCUT2D eigenvalue weighted by Crippen LogP contribution is -2.40. The highest BCUT2D eigenvalue weighted by Crippen LogP contribution is 2.43. The van der Waals surface area contributed by atoms with Gasteiger partial charge in [-0.25, -0.2) is 4.79 Å². The molecule has 2 rings (SSSR count). The van der Waals surface area contributed by atoms with Gasteiger partial charge in [0.05, 0.1) is 4.58 Å². The number of carboxylic acid groups (broad SMARTS) is 1. The second-order valence-electron chi connectivity index (χ2n) is 5.56. The number of carbonyl (C=O) groups is 2. The van der Waals surface area contributed by atoms with E-state index in [2.05, 4.69) is 5.32 Å². The fraction of sp³-hybridized carbons (Fsp3) is 0.529. The Hall–Kier alpha value is -1.14. The number of hydrogen-bond acceptors (Lipinski definition) is 4. The fourth-order valence-corrected chi connectivity index (χ4v) is 5.27. The minimum Gasteiger partial charge on any atom is -0.480 e. The topological polar surface area (TPSA) is 66.4 Å². The van der Waals surface area contributed by atoms with Crippen LogP contribution in [0.3, 0.4) is 0 Å². The van der Waals surface area contributed by atoms with Crippen molar-refractivity contribution in [3.63, 3.8) is 0 Å². The maximum Gasteiger partial charge on any atom is 0.326 e. The van der Waals surface area contributed by atoms with E-state index in [9.17, 15) is 14.7 Å². The molecule has 0 bridgehead atoms. The smallest absolute Gasteiger partial charge is 0.326 e. The molecular formula is C17H23NO3S2. The number of thioether (sulfide) groups is 2. The molecule has 0 aliphatic carbocycles. The van der Waals surface area contributed by atoms with E-state index in [0.29, 0.717) is 16.6 Å². The van der Waals surface area contributed by atoms with Crippen LogP contribution < -0.4 is 5.32 Å². The largest absolute Gasteiger partial charge is 0.480 e. The van der Waals surface area contributed by atoms with Gasteiger partial charge in [-0.3, -0.25) is 4.79 Å². The SMILES string of the molecule is CCCCC(NC(=O)c1ccc(C2SCCCS2)cc1)C(=O)O. The molecule has 1 atom stereocenters. The number of aliphatic carboxylic acids is 1. The summed E-state index contributed by atoms with van der Waals surface area (Å²) in [5.74, 6) is 1.07. The zero-order valence-electron chi connectivity index (χ0n) is 13.3. The van der Waals surface area contributed by atoms with Crippen LogP contribution in [0.15, 0.2) is 24.3 Å². The Balaban J connectivity index is 1.97. The maximum absolute atomic E-state index is 12.2. The molecule has 1 aromatic rings. The summed E-state index contributed by atoms with van der Waals surface area (Å²) in [5, 5.41) is 11.8. The van der Waals surface area contributed by atoms with Crippen molar-refractivity contribution in [3.05, 3.63) is 35.4 Å². The number of rotatable bonds is 7. The molecule has 1 aromatic carbocycles. The zero-order valence-corrected chi connectivity index (χ0v) is 14.9. The minimum absolute atomic E-state index is 0.316. The Bertz CT molecular complexity index is 527. The summed E-state index contributed by atoms with van der Waals surface area (Å²) in [5.41, 5.74) is 1.74. The number of hydrogen-bond donors (Lipinski definition) is 2. The maximum atomic E-state index is 12.2. The molecule has 0 aromatic heterocycles. The van der Waals surface area contributed by atoms with E-state index in [4.69, 9.17) is 0 Å². The summed E-state index contributed by atoms with van der Waals surface area (Å²) in [7, 11) is 0. The summed E-state index contributed by atoms with van der Waals surface area (Å²) in [6.07, 6.45) is 3.41. The normalized spacial score (nSPS) is 16.7. The van der Waals surface area contributed by atoms with E-state index in [0.717, 1.165) is 12.8 Å². The van der Waals surface area contributed by atoms with Crippen molar-refractivity contribution in [3.8, 4) is 0 Å². The molecule has 6 heteroatoms. The van der Waals surface area contributed by atoms with Crippen molar-refractivity contribution in [2.45, 2.75) is 43.2 Å². The van der Waals surface area contributed by atoms with Crippen molar-refractivity contribution in [1.29, 1.82) is 0 Å². The lowest BCUT2D eigenvalue weighted by Gasteiger charge is -2.21. The molecule has 0 spiro atoms. The second-order valence-corrected chi connectivity index (χ2v) is 8.28. The lowest BCUT2D eigenvalue weighted by molar-refractivity contribution is -0.139. The van der Waals surface area contributed by atoms with Crippen LogP contribution in [-0.4, -0.2) is 34.5 Å². The third-order valence-electron chi connectivity index (χ3n) is 3.72. The van der Waals surface area contributed by atoms with Crippen LogP contribution in [0.25, 0.3) is 0 Å². The molecule has 1 amide bonds. The summed E-state index contributed by atoms with van der Waals surface area (Å²) < 4.78 is 0.442. The predicted octanol–water partition coefficient (Wildman–Crippen LogP) is 3.93. The second kappa shape index (κ2) is 9.23. The number of nitrogens with one attached hydrogen (secondary N) is 1. The van der Waals surface area contributed by atoms with Crippen molar-refractivity contribution in [2.24, 2.45) is 0 Å². The van der Waals surface area contributed by atoms with Gasteiger partial charge in [0.2, 0.25) is 0 Å². The van der Waals surface area contributed by atoms with Crippen LogP contribution in [0.1, 0.15) is 53.1 Å². The zero-order chi connectivity index (χ0) is 16.7. The van der Waals surface area contributed by atoms with Gasteiger partial charge >= 0.3 is 5.97 Å². The first kappa shape index (κ1) is 18.2. The number of unbranched alkanes of at least 4 members (excludes halogenated alkanes) is 1. The Morgan fingerprint density at radius 1 is 1.26 bits per heavy atom. The van der Waals surface area contributed by atoms with Crippen LogP contribution in [0, 0.1) is 0 Å². The van der Waals surface area contributed by atoms with E-state index < -0.39 is 12.0 Å². The van der Waals surface area contributed by atoms with Gasteiger partial charge < -0.3 is 10.4 Å².